The van der Waals surface area contributed by atoms with Crippen LogP contribution in [0.5, 0.6) is 0 Å². The minimum absolute atomic E-state index is 0.00493. The van der Waals surface area contributed by atoms with E-state index >= 15 is 0 Å². The molecule has 1 aliphatic rings. The number of nitrogens with zero attached hydrogens (tertiary/aromatic N) is 4. The number of carbonyl (C=O) groups is 1. The van der Waals surface area contributed by atoms with Crippen LogP contribution in [0.1, 0.15) is 41.5 Å². The summed E-state index contributed by atoms with van der Waals surface area (Å²) in [6, 6.07) is 11.9. The summed E-state index contributed by atoms with van der Waals surface area (Å²) in [5.41, 5.74) is 2.97. The highest BCUT2D eigenvalue weighted by Crippen LogP contribution is 2.22. The second kappa shape index (κ2) is 7.70. The van der Waals surface area contributed by atoms with Crippen molar-refractivity contribution in [1.29, 1.82) is 0 Å². The minimum atomic E-state index is -0.00493. The van der Waals surface area contributed by atoms with E-state index in [0.717, 1.165) is 49.4 Å². The Morgan fingerprint density at radius 3 is 2.63 bits per heavy atom. The number of carbonyl (C=O) groups excluding carboxylic acids is 1. The van der Waals surface area contributed by atoms with E-state index in [2.05, 4.69) is 32.0 Å². The molecule has 0 saturated heterocycles. The van der Waals surface area contributed by atoms with Crippen molar-refractivity contribution in [1.82, 2.24) is 25.1 Å². The molecule has 6 heteroatoms. The smallest absolute Gasteiger partial charge is 0.251 e. The van der Waals surface area contributed by atoms with Crippen LogP contribution in [0.2, 0.25) is 0 Å². The van der Waals surface area contributed by atoms with Gasteiger partial charge in [0.2, 0.25) is 0 Å². The zero-order chi connectivity index (χ0) is 18.6. The highest BCUT2D eigenvalue weighted by molar-refractivity contribution is 5.94. The molecule has 1 aliphatic heterocycles. The second-order valence-corrected chi connectivity index (χ2v) is 6.88. The fourth-order valence-corrected chi connectivity index (χ4v) is 3.51. The molecule has 0 fully saturated rings. The Morgan fingerprint density at radius 2 is 1.89 bits per heavy atom. The van der Waals surface area contributed by atoms with E-state index in [9.17, 15) is 4.79 Å². The quantitative estimate of drug-likeness (QED) is 0.775. The molecule has 3 heterocycles. The predicted octanol–water partition coefficient (Wildman–Crippen LogP) is 3.04. The van der Waals surface area contributed by atoms with Crippen molar-refractivity contribution < 1.29 is 4.79 Å². The molecule has 4 rings (SSSR count). The molecular weight excluding hydrogens is 338 g/mol. The molecule has 27 heavy (non-hydrogen) atoms. The average Bonchev–Trinajstić information content (AvgIpc) is 3.03. The summed E-state index contributed by atoms with van der Waals surface area (Å²) >= 11 is 0. The third-order valence-electron chi connectivity index (χ3n) is 5.14. The van der Waals surface area contributed by atoms with Crippen molar-refractivity contribution in [2.75, 3.05) is 0 Å². The van der Waals surface area contributed by atoms with Gasteiger partial charge in [-0.2, -0.15) is 0 Å². The van der Waals surface area contributed by atoms with Crippen LogP contribution in [0.25, 0.3) is 11.4 Å². The molecule has 1 N–H and O–H groups in total. The number of amides is 1. The molecule has 1 unspecified atom stereocenters. The molecule has 0 bridgehead atoms. The van der Waals surface area contributed by atoms with Gasteiger partial charge in [-0.3, -0.25) is 9.78 Å². The van der Waals surface area contributed by atoms with E-state index in [0.29, 0.717) is 5.56 Å². The molecular formula is C21H23N5O. The predicted molar refractivity (Wildman–Crippen MR) is 103 cm³/mol. The second-order valence-electron chi connectivity index (χ2n) is 6.88. The van der Waals surface area contributed by atoms with Crippen LogP contribution >= 0.6 is 0 Å². The topological polar surface area (TPSA) is 72.7 Å². The Kier molecular flexibility index (Phi) is 4.96. The summed E-state index contributed by atoms with van der Waals surface area (Å²) in [6.45, 7) is 2.90. The maximum atomic E-state index is 12.6. The monoisotopic (exact) mass is 361 g/mol. The third-order valence-corrected chi connectivity index (χ3v) is 5.14. The van der Waals surface area contributed by atoms with Gasteiger partial charge in [-0.15, -0.1) is 10.2 Å². The first-order valence-corrected chi connectivity index (χ1v) is 9.47. The van der Waals surface area contributed by atoms with Crippen molar-refractivity contribution in [2.24, 2.45) is 0 Å². The number of hydrogen-bond acceptors (Lipinski definition) is 4. The van der Waals surface area contributed by atoms with Crippen molar-refractivity contribution in [3.8, 4) is 11.4 Å². The fourth-order valence-electron chi connectivity index (χ4n) is 3.51. The van der Waals surface area contributed by atoms with E-state index in [1.807, 2.05) is 36.4 Å². The van der Waals surface area contributed by atoms with Crippen LogP contribution in [0.4, 0.5) is 0 Å². The number of aromatic nitrogens is 4. The molecule has 0 spiro atoms. The first kappa shape index (κ1) is 17.4. The van der Waals surface area contributed by atoms with Gasteiger partial charge in [-0.25, -0.2) is 0 Å². The van der Waals surface area contributed by atoms with Gasteiger partial charge in [0.05, 0.1) is 0 Å². The summed E-state index contributed by atoms with van der Waals surface area (Å²) in [6.07, 6.45) is 7.04. The Labute approximate surface area is 158 Å². The average molecular weight is 361 g/mol. The molecule has 138 valence electrons. The van der Waals surface area contributed by atoms with Gasteiger partial charge in [-0.1, -0.05) is 19.1 Å². The normalized spacial score (nSPS) is 16.4. The summed E-state index contributed by atoms with van der Waals surface area (Å²) in [4.78, 5) is 16.6. The molecule has 1 aromatic carbocycles. The molecule has 3 aromatic rings. The fraction of sp³-hybridized carbons (Fsp3) is 0.333. The zero-order valence-electron chi connectivity index (χ0n) is 15.4. The van der Waals surface area contributed by atoms with Crippen LogP contribution in [0, 0.1) is 0 Å². The Balaban J connectivity index is 1.44. The van der Waals surface area contributed by atoms with Crippen LogP contribution in [0.15, 0.2) is 48.8 Å². The SMILES string of the molecule is CCc1ccc(C(=O)NC2CCc3nnc(-c4ccncc4)n3CC2)cc1. The lowest BCUT2D eigenvalue weighted by molar-refractivity contribution is 0.0933. The summed E-state index contributed by atoms with van der Waals surface area (Å²) in [5, 5.41) is 11.9. The first-order chi connectivity index (χ1) is 13.2. The molecule has 2 aromatic heterocycles. The molecule has 0 radical (unpaired) electrons. The number of nitrogens with one attached hydrogen (secondary N) is 1. The number of benzene rings is 1. The summed E-state index contributed by atoms with van der Waals surface area (Å²) in [5.74, 6) is 1.84. The van der Waals surface area contributed by atoms with E-state index < -0.39 is 0 Å². The maximum absolute atomic E-state index is 12.6. The Bertz CT molecular complexity index is 918. The van der Waals surface area contributed by atoms with Gasteiger partial charge in [0.15, 0.2) is 5.82 Å². The Hall–Kier alpha value is -3.02. The molecule has 0 saturated carbocycles. The third kappa shape index (κ3) is 3.74. The number of fused-ring (bicyclic) bond motifs is 1. The molecule has 1 amide bonds. The molecule has 1 atom stereocenters. The van der Waals surface area contributed by atoms with E-state index in [-0.39, 0.29) is 11.9 Å². The number of hydrogen-bond donors (Lipinski definition) is 1. The van der Waals surface area contributed by atoms with Crippen molar-refractivity contribution >= 4 is 5.91 Å². The highest BCUT2D eigenvalue weighted by atomic mass is 16.1. The van der Waals surface area contributed by atoms with Gasteiger partial charge >= 0.3 is 0 Å². The van der Waals surface area contributed by atoms with Gasteiger partial charge in [0, 0.05) is 42.5 Å². The lowest BCUT2D eigenvalue weighted by atomic mass is 10.1. The van der Waals surface area contributed by atoms with E-state index in [4.69, 9.17) is 0 Å². The zero-order valence-corrected chi connectivity index (χ0v) is 15.4. The summed E-state index contributed by atoms with van der Waals surface area (Å²) < 4.78 is 2.16. The van der Waals surface area contributed by atoms with Crippen LogP contribution in [-0.2, 0) is 19.4 Å². The molecule has 0 aliphatic carbocycles. The molecule has 6 nitrogen and oxygen atoms in total. The van der Waals surface area contributed by atoms with Gasteiger partial charge in [0.1, 0.15) is 5.82 Å². The Morgan fingerprint density at radius 1 is 1.11 bits per heavy atom. The summed E-state index contributed by atoms with van der Waals surface area (Å²) in [7, 11) is 0. The minimum Gasteiger partial charge on any atom is -0.349 e. The largest absolute Gasteiger partial charge is 0.349 e. The maximum Gasteiger partial charge on any atom is 0.251 e. The van der Waals surface area contributed by atoms with E-state index in [1.165, 1.54) is 5.56 Å². The first-order valence-electron chi connectivity index (χ1n) is 9.47. The number of rotatable bonds is 4. The van der Waals surface area contributed by atoms with Gasteiger partial charge in [0.25, 0.3) is 5.91 Å². The lowest BCUT2D eigenvalue weighted by Gasteiger charge is -2.16. The van der Waals surface area contributed by atoms with Crippen molar-refractivity contribution in [3.63, 3.8) is 0 Å². The van der Waals surface area contributed by atoms with Crippen LogP contribution in [0.3, 0.4) is 0 Å². The number of pyridine rings is 1. The van der Waals surface area contributed by atoms with Gasteiger partial charge in [-0.05, 0) is 49.1 Å². The van der Waals surface area contributed by atoms with Crippen molar-refractivity contribution in [3.05, 3.63) is 65.7 Å². The van der Waals surface area contributed by atoms with Crippen LogP contribution in [-0.4, -0.2) is 31.7 Å². The number of aryl methyl sites for hydroxylation is 2. The van der Waals surface area contributed by atoms with E-state index in [1.54, 1.807) is 12.4 Å². The van der Waals surface area contributed by atoms with Gasteiger partial charge < -0.3 is 9.88 Å². The van der Waals surface area contributed by atoms with Crippen LogP contribution < -0.4 is 5.32 Å². The highest BCUT2D eigenvalue weighted by Gasteiger charge is 2.22. The lowest BCUT2D eigenvalue weighted by Crippen LogP contribution is -2.35. The standard InChI is InChI=1S/C21H23N5O/c1-2-15-3-5-17(6-4-15)21(27)23-18-7-8-19-24-25-20(26(19)14-11-18)16-9-12-22-13-10-16/h3-6,9-10,12-13,18H,2,7-8,11,14H2,1H3,(H,23,27). The van der Waals surface area contributed by atoms with Crippen molar-refractivity contribution in [2.45, 2.75) is 45.2 Å².